The molecular weight excluding hydrogens is 248 g/mol. The van der Waals surface area contributed by atoms with Crippen LogP contribution in [-0.4, -0.2) is 37.1 Å². The van der Waals surface area contributed by atoms with Gasteiger partial charge in [-0.2, -0.15) is 0 Å². The molecule has 3 nitrogen and oxygen atoms in total. The Morgan fingerprint density at radius 1 is 1.10 bits per heavy atom. The van der Waals surface area contributed by atoms with Crippen molar-refractivity contribution in [1.82, 2.24) is 9.88 Å². The highest BCUT2D eigenvalue weighted by Gasteiger charge is 2.09. The molecule has 0 saturated carbocycles. The van der Waals surface area contributed by atoms with Crippen molar-refractivity contribution in [3.8, 4) is 17.0 Å². The molecule has 0 bridgehead atoms. The largest absolute Gasteiger partial charge is 0.492 e. The van der Waals surface area contributed by atoms with E-state index in [-0.39, 0.29) is 0 Å². The van der Waals surface area contributed by atoms with E-state index in [1.165, 1.54) is 16.7 Å². The number of rotatable bonds is 5. The van der Waals surface area contributed by atoms with Gasteiger partial charge >= 0.3 is 0 Å². The van der Waals surface area contributed by atoms with Crippen LogP contribution in [0.2, 0.25) is 0 Å². The van der Waals surface area contributed by atoms with Gasteiger partial charge < -0.3 is 9.64 Å². The lowest BCUT2D eigenvalue weighted by Crippen LogP contribution is -2.19. The second-order valence-corrected chi connectivity index (χ2v) is 5.30. The first kappa shape index (κ1) is 14.5. The fraction of sp³-hybridized carbons (Fsp3) is 0.353. The van der Waals surface area contributed by atoms with E-state index >= 15 is 0 Å². The smallest absolute Gasteiger partial charge is 0.119 e. The fourth-order valence-electron chi connectivity index (χ4n) is 2.27. The zero-order chi connectivity index (χ0) is 14.5. The number of likely N-dealkylation sites (N-methyl/N-ethyl adjacent to an activating group) is 1. The number of pyridine rings is 1. The van der Waals surface area contributed by atoms with Gasteiger partial charge in [-0.25, -0.2) is 0 Å². The van der Waals surface area contributed by atoms with Gasteiger partial charge in [0.25, 0.3) is 0 Å². The van der Waals surface area contributed by atoms with E-state index in [1.807, 2.05) is 38.5 Å². The molecule has 0 fully saturated rings. The molecule has 0 aliphatic carbocycles. The lowest BCUT2D eigenvalue weighted by Gasteiger charge is -2.14. The highest BCUT2D eigenvalue weighted by molar-refractivity contribution is 5.68. The lowest BCUT2D eigenvalue weighted by molar-refractivity contribution is 0.261. The highest BCUT2D eigenvalue weighted by atomic mass is 16.5. The molecule has 1 heterocycles. The van der Waals surface area contributed by atoms with Crippen LogP contribution in [-0.2, 0) is 0 Å². The number of hydrogen-bond acceptors (Lipinski definition) is 3. The zero-order valence-corrected chi connectivity index (χ0v) is 12.7. The maximum atomic E-state index is 5.81. The zero-order valence-electron chi connectivity index (χ0n) is 12.7. The molecule has 106 valence electrons. The van der Waals surface area contributed by atoms with Gasteiger partial charge in [-0.15, -0.1) is 0 Å². The van der Waals surface area contributed by atoms with Crippen molar-refractivity contribution in [2.45, 2.75) is 13.8 Å². The Kier molecular flexibility index (Phi) is 4.74. The van der Waals surface area contributed by atoms with Crippen molar-refractivity contribution in [2.75, 3.05) is 27.2 Å². The van der Waals surface area contributed by atoms with Crippen molar-refractivity contribution in [3.63, 3.8) is 0 Å². The molecule has 0 amide bonds. The molecule has 20 heavy (non-hydrogen) atoms. The first-order chi connectivity index (χ1) is 9.58. The van der Waals surface area contributed by atoms with Crippen LogP contribution in [0.25, 0.3) is 11.3 Å². The van der Waals surface area contributed by atoms with Crippen LogP contribution in [0.1, 0.15) is 11.1 Å². The van der Waals surface area contributed by atoms with E-state index in [9.17, 15) is 0 Å². The summed E-state index contributed by atoms with van der Waals surface area (Å²) in [5.41, 5.74) is 4.61. The van der Waals surface area contributed by atoms with E-state index < -0.39 is 0 Å². The van der Waals surface area contributed by atoms with Crippen LogP contribution in [0.3, 0.4) is 0 Å². The predicted octanol–water partition coefficient (Wildman–Crippen LogP) is 3.31. The quantitative estimate of drug-likeness (QED) is 0.833. The van der Waals surface area contributed by atoms with Gasteiger partial charge in [0.05, 0.1) is 5.69 Å². The van der Waals surface area contributed by atoms with Crippen molar-refractivity contribution in [2.24, 2.45) is 0 Å². The minimum atomic E-state index is 0.703. The van der Waals surface area contributed by atoms with Gasteiger partial charge in [0.2, 0.25) is 0 Å². The van der Waals surface area contributed by atoms with Crippen LogP contribution in [0, 0.1) is 13.8 Å². The summed E-state index contributed by atoms with van der Waals surface area (Å²) in [6.07, 6.45) is 1.83. The van der Waals surface area contributed by atoms with E-state index in [0.717, 1.165) is 18.0 Å². The Morgan fingerprint density at radius 2 is 1.80 bits per heavy atom. The third kappa shape index (κ3) is 3.58. The lowest BCUT2D eigenvalue weighted by atomic mass is 9.99. The molecule has 0 unspecified atom stereocenters. The minimum absolute atomic E-state index is 0.703. The topological polar surface area (TPSA) is 25.4 Å². The molecule has 0 spiro atoms. The van der Waals surface area contributed by atoms with Crippen LogP contribution in [0.15, 0.2) is 36.5 Å². The van der Waals surface area contributed by atoms with E-state index in [2.05, 4.69) is 35.9 Å². The summed E-state index contributed by atoms with van der Waals surface area (Å²) in [5, 5.41) is 0. The van der Waals surface area contributed by atoms with Gasteiger partial charge in [-0.05, 0) is 63.3 Å². The fourth-order valence-corrected chi connectivity index (χ4v) is 2.27. The van der Waals surface area contributed by atoms with E-state index in [0.29, 0.717) is 6.61 Å². The van der Waals surface area contributed by atoms with Gasteiger partial charge in [0, 0.05) is 18.3 Å². The number of benzene rings is 1. The van der Waals surface area contributed by atoms with E-state index in [1.54, 1.807) is 0 Å². The first-order valence-electron chi connectivity index (χ1n) is 6.88. The van der Waals surface area contributed by atoms with Crippen molar-refractivity contribution < 1.29 is 4.74 Å². The van der Waals surface area contributed by atoms with Gasteiger partial charge in [0.1, 0.15) is 12.4 Å². The molecule has 3 heteroatoms. The summed E-state index contributed by atoms with van der Waals surface area (Å²) in [7, 11) is 4.09. The molecule has 0 N–H and O–H groups in total. The monoisotopic (exact) mass is 270 g/mol. The summed E-state index contributed by atoms with van der Waals surface area (Å²) in [5.74, 6) is 0.932. The number of ether oxygens (including phenoxy) is 1. The summed E-state index contributed by atoms with van der Waals surface area (Å²) in [6, 6.07) is 10.2. The molecule has 2 rings (SSSR count). The number of hydrogen-bond donors (Lipinski definition) is 0. The molecule has 0 saturated heterocycles. The Balaban J connectivity index is 2.21. The molecule has 0 aliphatic rings. The number of aryl methyl sites for hydroxylation is 2. The summed E-state index contributed by atoms with van der Waals surface area (Å²) >= 11 is 0. The number of nitrogens with zero attached hydrogens (tertiary/aromatic N) is 2. The van der Waals surface area contributed by atoms with Gasteiger partial charge in [-0.1, -0.05) is 6.07 Å². The third-order valence-electron chi connectivity index (χ3n) is 3.23. The van der Waals surface area contributed by atoms with Crippen molar-refractivity contribution >= 4 is 0 Å². The van der Waals surface area contributed by atoms with Gasteiger partial charge in [-0.3, -0.25) is 4.98 Å². The first-order valence-corrected chi connectivity index (χ1v) is 6.88. The average Bonchev–Trinajstić information content (AvgIpc) is 2.38. The van der Waals surface area contributed by atoms with Crippen molar-refractivity contribution in [3.05, 3.63) is 47.7 Å². The molecule has 0 aliphatic heterocycles. The van der Waals surface area contributed by atoms with Crippen LogP contribution in [0.4, 0.5) is 0 Å². The number of aromatic nitrogens is 1. The Labute approximate surface area is 121 Å². The predicted molar refractivity (Wildman–Crippen MR) is 83.2 cm³/mol. The van der Waals surface area contributed by atoms with Crippen LogP contribution >= 0.6 is 0 Å². The maximum absolute atomic E-state index is 5.81. The summed E-state index contributed by atoms with van der Waals surface area (Å²) < 4.78 is 5.81. The Morgan fingerprint density at radius 3 is 2.35 bits per heavy atom. The maximum Gasteiger partial charge on any atom is 0.119 e. The van der Waals surface area contributed by atoms with Crippen LogP contribution < -0.4 is 4.74 Å². The van der Waals surface area contributed by atoms with Gasteiger partial charge in [0.15, 0.2) is 0 Å². The molecule has 2 aromatic rings. The SMILES string of the molecule is Cc1cc(OCCN(C)C)cc(C)c1-c1ccccn1. The van der Waals surface area contributed by atoms with E-state index in [4.69, 9.17) is 4.74 Å². The summed E-state index contributed by atoms with van der Waals surface area (Å²) in [4.78, 5) is 6.55. The Bertz CT molecular complexity index is 541. The molecule has 0 radical (unpaired) electrons. The Hall–Kier alpha value is -1.87. The third-order valence-corrected chi connectivity index (χ3v) is 3.23. The molecule has 1 aromatic heterocycles. The standard InChI is InChI=1S/C17H22N2O/c1-13-11-15(20-10-9-19(3)4)12-14(2)17(13)16-7-5-6-8-18-16/h5-8,11-12H,9-10H2,1-4H3. The molecule has 0 atom stereocenters. The summed E-state index contributed by atoms with van der Waals surface area (Å²) in [6.45, 7) is 5.83. The van der Waals surface area contributed by atoms with Crippen LogP contribution in [0.5, 0.6) is 5.75 Å². The second-order valence-electron chi connectivity index (χ2n) is 5.30. The second kappa shape index (κ2) is 6.53. The average molecular weight is 270 g/mol. The minimum Gasteiger partial charge on any atom is -0.492 e. The highest BCUT2D eigenvalue weighted by Crippen LogP contribution is 2.29. The molecule has 1 aromatic carbocycles. The normalized spacial score (nSPS) is 10.8. The molecular formula is C17H22N2O. The van der Waals surface area contributed by atoms with Crippen molar-refractivity contribution in [1.29, 1.82) is 0 Å².